The Labute approximate surface area is 148 Å². The average Bonchev–Trinajstić information content (AvgIpc) is 2.53. The molecule has 1 aromatic rings. The van der Waals surface area contributed by atoms with E-state index >= 15 is 0 Å². The van der Waals surface area contributed by atoms with Gasteiger partial charge >= 0.3 is 0 Å². The van der Waals surface area contributed by atoms with Crippen molar-refractivity contribution in [2.75, 3.05) is 5.88 Å². The molecule has 0 spiro atoms. The van der Waals surface area contributed by atoms with Crippen LogP contribution in [0, 0.1) is 5.92 Å². The number of nitrogens with one attached hydrogen (secondary N) is 2. The molecule has 0 aliphatic heterocycles. The molecule has 24 heavy (non-hydrogen) atoms. The number of alkyl halides is 1. The van der Waals surface area contributed by atoms with Crippen LogP contribution in [0.15, 0.2) is 30.3 Å². The van der Waals surface area contributed by atoms with Crippen LogP contribution >= 0.6 is 11.6 Å². The van der Waals surface area contributed by atoms with Crippen LogP contribution in [0.4, 0.5) is 0 Å². The van der Waals surface area contributed by atoms with E-state index in [9.17, 15) is 14.4 Å². The normalized spacial score (nSPS) is 13.2. The van der Waals surface area contributed by atoms with Crippen LogP contribution < -0.4 is 10.6 Å². The van der Waals surface area contributed by atoms with Gasteiger partial charge in [0.25, 0.3) is 0 Å². The fourth-order valence-electron chi connectivity index (χ4n) is 2.22. The molecule has 5 nitrogen and oxygen atoms in total. The van der Waals surface area contributed by atoms with E-state index in [0.717, 1.165) is 5.56 Å². The zero-order valence-corrected chi connectivity index (χ0v) is 15.1. The van der Waals surface area contributed by atoms with Crippen molar-refractivity contribution in [3.63, 3.8) is 0 Å². The van der Waals surface area contributed by atoms with Crippen LogP contribution in [0.2, 0.25) is 0 Å². The summed E-state index contributed by atoms with van der Waals surface area (Å²) in [4.78, 5) is 36.0. The summed E-state index contributed by atoms with van der Waals surface area (Å²) in [5.41, 5.74) is 0.928. The van der Waals surface area contributed by atoms with E-state index in [1.807, 2.05) is 44.2 Å². The summed E-state index contributed by atoms with van der Waals surface area (Å²) in [6.07, 6.45) is 0.719. The zero-order valence-electron chi connectivity index (χ0n) is 14.3. The molecule has 0 fully saturated rings. The van der Waals surface area contributed by atoms with Crippen LogP contribution in [-0.2, 0) is 20.8 Å². The minimum atomic E-state index is -0.711. The molecule has 2 unspecified atom stereocenters. The molecule has 6 heteroatoms. The first-order valence-corrected chi connectivity index (χ1v) is 8.59. The van der Waals surface area contributed by atoms with Gasteiger partial charge in [0.2, 0.25) is 11.8 Å². The van der Waals surface area contributed by atoms with Crippen LogP contribution in [0.1, 0.15) is 32.8 Å². The number of carbonyl (C=O) groups is 3. The third kappa shape index (κ3) is 7.13. The highest BCUT2D eigenvalue weighted by Crippen LogP contribution is 2.06. The maximum Gasteiger partial charge on any atom is 0.242 e. The first-order chi connectivity index (χ1) is 11.3. The van der Waals surface area contributed by atoms with Crippen molar-refractivity contribution in [1.82, 2.24) is 10.6 Å². The lowest BCUT2D eigenvalue weighted by Gasteiger charge is -2.20. The highest BCUT2D eigenvalue weighted by atomic mass is 35.5. The fraction of sp³-hybridized carbons (Fsp3) is 0.500. The fourth-order valence-corrected chi connectivity index (χ4v) is 2.41. The number of hydrogen-bond donors (Lipinski definition) is 2. The Bertz CT molecular complexity index is 561. The summed E-state index contributed by atoms with van der Waals surface area (Å²) >= 11 is 5.65. The maximum absolute atomic E-state index is 12.3. The van der Waals surface area contributed by atoms with Crippen molar-refractivity contribution in [2.45, 2.75) is 45.7 Å². The molecule has 1 aromatic carbocycles. The molecule has 2 atom stereocenters. The molecule has 0 heterocycles. The van der Waals surface area contributed by atoms with Crippen LogP contribution in [0.3, 0.4) is 0 Å². The molecule has 2 amide bonds. The predicted molar refractivity (Wildman–Crippen MR) is 94.9 cm³/mol. The minimum Gasteiger partial charge on any atom is -0.345 e. The lowest BCUT2D eigenvalue weighted by atomic mass is 10.0. The van der Waals surface area contributed by atoms with Gasteiger partial charge in [-0.2, -0.15) is 0 Å². The van der Waals surface area contributed by atoms with Crippen molar-refractivity contribution in [3.8, 4) is 0 Å². The van der Waals surface area contributed by atoms with Crippen LogP contribution in [0.25, 0.3) is 0 Å². The molecule has 0 saturated carbocycles. The number of Topliss-reactive ketones (excluding diaryl/α,β-unsaturated/α-hetero) is 1. The number of hydrogen-bond acceptors (Lipinski definition) is 3. The van der Waals surface area contributed by atoms with Gasteiger partial charge in [0.1, 0.15) is 6.04 Å². The number of amides is 2. The maximum atomic E-state index is 12.3. The van der Waals surface area contributed by atoms with Crippen molar-refractivity contribution in [3.05, 3.63) is 35.9 Å². The Hall–Kier alpha value is -1.88. The van der Waals surface area contributed by atoms with Gasteiger partial charge in [-0.3, -0.25) is 14.4 Å². The summed E-state index contributed by atoms with van der Waals surface area (Å²) in [5.74, 6) is -0.799. The molecule has 0 bridgehead atoms. The van der Waals surface area contributed by atoms with Gasteiger partial charge in [0.15, 0.2) is 5.78 Å². The van der Waals surface area contributed by atoms with E-state index in [0.29, 0.717) is 12.8 Å². The summed E-state index contributed by atoms with van der Waals surface area (Å²) < 4.78 is 0. The number of benzene rings is 1. The molecular weight excluding hydrogens is 328 g/mol. The molecule has 0 radical (unpaired) electrons. The Morgan fingerprint density at radius 2 is 1.67 bits per heavy atom. The molecule has 0 aromatic heterocycles. The SMILES string of the molecule is CC(C)CC(=O)NC(C)C(=O)NC(Cc1ccccc1)C(=O)CCl. The standard InChI is InChI=1S/C18H25ClN2O3/c1-12(2)9-17(23)20-13(3)18(24)21-15(16(22)11-19)10-14-7-5-4-6-8-14/h4-8,12-13,15H,9-11H2,1-3H3,(H,20,23)(H,21,24). The third-order valence-electron chi connectivity index (χ3n) is 3.48. The number of ketones is 1. The van der Waals surface area contributed by atoms with Gasteiger partial charge in [-0.1, -0.05) is 44.2 Å². The predicted octanol–water partition coefficient (Wildman–Crippen LogP) is 2.07. The van der Waals surface area contributed by atoms with E-state index in [2.05, 4.69) is 10.6 Å². The lowest BCUT2D eigenvalue weighted by Crippen LogP contribution is -2.51. The Morgan fingerprint density at radius 3 is 2.21 bits per heavy atom. The summed E-state index contributed by atoms with van der Waals surface area (Å²) in [6.45, 7) is 5.46. The Balaban J connectivity index is 2.66. The summed E-state index contributed by atoms with van der Waals surface area (Å²) in [5, 5.41) is 5.33. The van der Waals surface area contributed by atoms with Crippen molar-refractivity contribution in [2.24, 2.45) is 5.92 Å². The molecule has 1 rings (SSSR count). The number of halogens is 1. The topological polar surface area (TPSA) is 75.3 Å². The summed E-state index contributed by atoms with van der Waals surface area (Å²) in [7, 11) is 0. The Kier molecular flexibility index (Phi) is 8.47. The lowest BCUT2D eigenvalue weighted by molar-refractivity contribution is -0.130. The number of rotatable bonds is 9. The molecule has 0 saturated heterocycles. The van der Waals surface area contributed by atoms with E-state index < -0.39 is 18.0 Å². The van der Waals surface area contributed by atoms with Gasteiger partial charge < -0.3 is 10.6 Å². The molecule has 2 N–H and O–H groups in total. The van der Waals surface area contributed by atoms with Gasteiger partial charge in [-0.05, 0) is 24.8 Å². The molecule has 0 aliphatic carbocycles. The van der Waals surface area contributed by atoms with Crippen molar-refractivity contribution >= 4 is 29.2 Å². The zero-order chi connectivity index (χ0) is 18.1. The largest absolute Gasteiger partial charge is 0.345 e. The van der Waals surface area contributed by atoms with E-state index in [1.165, 1.54) is 0 Å². The summed E-state index contributed by atoms with van der Waals surface area (Å²) in [6, 6.07) is 7.97. The quantitative estimate of drug-likeness (QED) is 0.668. The van der Waals surface area contributed by atoms with Crippen LogP contribution in [0.5, 0.6) is 0 Å². The van der Waals surface area contributed by atoms with E-state index in [1.54, 1.807) is 6.92 Å². The second kappa shape index (κ2) is 10.1. The van der Waals surface area contributed by atoms with Gasteiger partial charge in [0, 0.05) is 6.42 Å². The van der Waals surface area contributed by atoms with E-state index in [4.69, 9.17) is 11.6 Å². The van der Waals surface area contributed by atoms with E-state index in [-0.39, 0.29) is 23.5 Å². The van der Waals surface area contributed by atoms with Gasteiger partial charge in [0.05, 0.1) is 11.9 Å². The van der Waals surface area contributed by atoms with Gasteiger partial charge in [-0.15, -0.1) is 11.6 Å². The smallest absolute Gasteiger partial charge is 0.242 e. The molecule has 0 aliphatic rings. The first-order valence-electron chi connectivity index (χ1n) is 8.05. The van der Waals surface area contributed by atoms with Crippen LogP contribution in [-0.4, -0.2) is 35.6 Å². The minimum absolute atomic E-state index is 0.175. The highest BCUT2D eigenvalue weighted by molar-refractivity contribution is 6.28. The second-order valence-electron chi connectivity index (χ2n) is 6.24. The molecule has 132 valence electrons. The third-order valence-corrected chi connectivity index (χ3v) is 3.75. The Morgan fingerprint density at radius 1 is 1.04 bits per heavy atom. The second-order valence-corrected chi connectivity index (χ2v) is 6.51. The average molecular weight is 353 g/mol. The molecular formula is C18H25ClN2O3. The monoisotopic (exact) mass is 352 g/mol. The number of carbonyl (C=O) groups excluding carboxylic acids is 3. The van der Waals surface area contributed by atoms with Crippen molar-refractivity contribution in [1.29, 1.82) is 0 Å². The van der Waals surface area contributed by atoms with Crippen molar-refractivity contribution < 1.29 is 14.4 Å². The van der Waals surface area contributed by atoms with Gasteiger partial charge in [-0.25, -0.2) is 0 Å². The first kappa shape index (κ1) is 20.2. The highest BCUT2D eigenvalue weighted by Gasteiger charge is 2.24.